The van der Waals surface area contributed by atoms with Gasteiger partial charge in [0.15, 0.2) is 5.16 Å². The lowest BCUT2D eigenvalue weighted by molar-refractivity contribution is -0.113. The lowest BCUT2D eigenvalue weighted by Crippen LogP contribution is -2.36. The third-order valence-corrected chi connectivity index (χ3v) is 6.91. The number of nitrogens with zero attached hydrogens (tertiary/aromatic N) is 4. The molecular formula is C26H23N5O2S. The van der Waals surface area contributed by atoms with Gasteiger partial charge in [-0.2, -0.15) is 0 Å². The van der Waals surface area contributed by atoms with Crippen molar-refractivity contribution in [3.63, 3.8) is 0 Å². The number of hydrogen-bond acceptors (Lipinski definition) is 6. The first kappa shape index (κ1) is 20.9. The largest absolute Gasteiger partial charge is 0.378 e. The van der Waals surface area contributed by atoms with Crippen LogP contribution < -0.4 is 10.2 Å². The van der Waals surface area contributed by atoms with Crippen LogP contribution in [0.3, 0.4) is 0 Å². The average molecular weight is 470 g/mol. The number of thioether (sulfide) groups is 1. The molecule has 3 heterocycles. The van der Waals surface area contributed by atoms with Crippen LogP contribution >= 0.6 is 11.8 Å². The maximum atomic E-state index is 12.8. The third-order valence-electron chi connectivity index (χ3n) is 5.97. The van der Waals surface area contributed by atoms with E-state index >= 15 is 0 Å². The molecule has 5 aromatic rings. The summed E-state index contributed by atoms with van der Waals surface area (Å²) >= 11 is 1.42. The Morgan fingerprint density at radius 1 is 0.912 bits per heavy atom. The van der Waals surface area contributed by atoms with Gasteiger partial charge in [0.05, 0.1) is 35.5 Å². The highest BCUT2D eigenvalue weighted by atomic mass is 32.2. The fourth-order valence-electron chi connectivity index (χ4n) is 4.31. The van der Waals surface area contributed by atoms with Gasteiger partial charge in [0.1, 0.15) is 5.65 Å². The SMILES string of the molecule is O=C(CSc1nc2ccccc2c2nc3ccccc3n12)Nc1ccc(N2CCOCC2)cc1. The van der Waals surface area contributed by atoms with Crippen LogP contribution in [0.2, 0.25) is 0 Å². The fourth-order valence-corrected chi connectivity index (χ4v) is 5.12. The predicted octanol–water partition coefficient (Wildman–Crippen LogP) is 4.60. The first-order valence-electron chi connectivity index (χ1n) is 11.3. The van der Waals surface area contributed by atoms with Crippen LogP contribution in [0.5, 0.6) is 0 Å². The monoisotopic (exact) mass is 469 g/mol. The van der Waals surface area contributed by atoms with E-state index in [1.165, 1.54) is 11.8 Å². The van der Waals surface area contributed by atoms with E-state index in [2.05, 4.69) is 10.2 Å². The number of amides is 1. The highest BCUT2D eigenvalue weighted by molar-refractivity contribution is 7.99. The molecule has 1 saturated heterocycles. The molecule has 0 bridgehead atoms. The number of carbonyl (C=O) groups excluding carboxylic acids is 1. The first-order valence-corrected chi connectivity index (χ1v) is 12.3. The zero-order chi connectivity index (χ0) is 22.9. The normalized spacial score (nSPS) is 14.2. The quantitative estimate of drug-likeness (QED) is 0.300. The number of imidazole rings is 1. The second kappa shape index (κ2) is 8.96. The first-order chi connectivity index (χ1) is 16.8. The second-order valence-corrected chi connectivity index (χ2v) is 9.10. The zero-order valence-corrected chi connectivity index (χ0v) is 19.3. The molecule has 0 spiro atoms. The van der Waals surface area contributed by atoms with Crippen LogP contribution in [0.25, 0.3) is 27.6 Å². The van der Waals surface area contributed by atoms with E-state index in [1.807, 2.05) is 77.2 Å². The molecule has 1 N–H and O–H groups in total. The summed E-state index contributed by atoms with van der Waals surface area (Å²) in [4.78, 5) is 24.8. The highest BCUT2D eigenvalue weighted by Crippen LogP contribution is 2.29. The predicted molar refractivity (Wildman–Crippen MR) is 137 cm³/mol. The van der Waals surface area contributed by atoms with Gasteiger partial charge >= 0.3 is 0 Å². The van der Waals surface area contributed by atoms with Gasteiger partial charge in [0.2, 0.25) is 5.91 Å². The Bertz CT molecular complexity index is 1490. The van der Waals surface area contributed by atoms with Crippen molar-refractivity contribution < 1.29 is 9.53 Å². The minimum Gasteiger partial charge on any atom is -0.378 e. The van der Waals surface area contributed by atoms with Gasteiger partial charge in [0, 0.05) is 29.9 Å². The smallest absolute Gasteiger partial charge is 0.234 e. The molecule has 170 valence electrons. The number of carbonyl (C=O) groups is 1. The van der Waals surface area contributed by atoms with Gasteiger partial charge in [-0.25, -0.2) is 9.97 Å². The lowest BCUT2D eigenvalue weighted by Gasteiger charge is -2.28. The number of nitrogens with one attached hydrogen (secondary N) is 1. The number of fused-ring (bicyclic) bond motifs is 5. The number of morpholine rings is 1. The van der Waals surface area contributed by atoms with Gasteiger partial charge in [-0.1, -0.05) is 36.0 Å². The van der Waals surface area contributed by atoms with Crippen molar-refractivity contribution in [3.8, 4) is 0 Å². The molecule has 0 aliphatic carbocycles. The number of aromatic nitrogens is 3. The van der Waals surface area contributed by atoms with E-state index in [0.29, 0.717) is 0 Å². The summed E-state index contributed by atoms with van der Waals surface area (Å²) in [5, 5.41) is 4.75. The van der Waals surface area contributed by atoms with Crippen LogP contribution in [0.4, 0.5) is 11.4 Å². The van der Waals surface area contributed by atoms with Crippen molar-refractivity contribution >= 4 is 56.6 Å². The molecule has 1 aliphatic rings. The van der Waals surface area contributed by atoms with Crippen molar-refractivity contribution in [1.82, 2.24) is 14.4 Å². The Kier molecular flexibility index (Phi) is 5.52. The van der Waals surface area contributed by atoms with Gasteiger partial charge in [-0.05, 0) is 48.5 Å². The summed E-state index contributed by atoms with van der Waals surface area (Å²) in [5.74, 6) is 0.176. The number of benzene rings is 3. The molecule has 7 nitrogen and oxygen atoms in total. The van der Waals surface area contributed by atoms with Crippen LogP contribution in [0, 0.1) is 0 Å². The maximum absolute atomic E-state index is 12.8. The van der Waals surface area contributed by atoms with Crippen LogP contribution in [-0.4, -0.2) is 52.3 Å². The number of ether oxygens (including phenoxy) is 1. The van der Waals surface area contributed by atoms with Crippen LogP contribution in [-0.2, 0) is 9.53 Å². The molecule has 6 rings (SSSR count). The zero-order valence-electron chi connectivity index (χ0n) is 18.5. The molecule has 0 unspecified atom stereocenters. The Balaban J connectivity index is 1.22. The maximum Gasteiger partial charge on any atom is 0.234 e. The Morgan fingerprint density at radius 2 is 1.65 bits per heavy atom. The van der Waals surface area contributed by atoms with E-state index in [-0.39, 0.29) is 11.7 Å². The highest BCUT2D eigenvalue weighted by Gasteiger charge is 2.16. The molecule has 1 aliphatic heterocycles. The molecule has 0 saturated carbocycles. The number of para-hydroxylation sites is 3. The fraction of sp³-hybridized carbons (Fsp3) is 0.192. The molecule has 2 aromatic heterocycles. The summed E-state index contributed by atoms with van der Waals surface area (Å²) in [5.41, 5.74) is 5.54. The molecule has 34 heavy (non-hydrogen) atoms. The number of rotatable bonds is 5. The molecule has 8 heteroatoms. The Labute approximate surface area is 200 Å². The van der Waals surface area contributed by atoms with E-state index in [4.69, 9.17) is 14.7 Å². The second-order valence-electron chi connectivity index (χ2n) is 8.15. The minimum absolute atomic E-state index is 0.0725. The molecule has 0 radical (unpaired) electrons. The van der Waals surface area contributed by atoms with E-state index in [9.17, 15) is 4.79 Å². The van der Waals surface area contributed by atoms with Gasteiger partial charge in [0.25, 0.3) is 0 Å². The summed E-state index contributed by atoms with van der Waals surface area (Å²) < 4.78 is 7.47. The van der Waals surface area contributed by atoms with Crippen molar-refractivity contribution in [2.45, 2.75) is 5.16 Å². The average Bonchev–Trinajstić information content (AvgIpc) is 3.28. The summed E-state index contributed by atoms with van der Waals surface area (Å²) in [6.07, 6.45) is 0. The van der Waals surface area contributed by atoms with Gasteiger partial charge < -0.3 is 15.0 Å². The standard InChI is InChI=1S/C26H23N5O2S/c32-24(27-18-9-11-19(12-10-18)30-13-15-33-16-14-30)17-34-26-29-21-6-2-1-5-20(21)25-28-22-7-3-4-8-23(22)31(25)26/h1-12H,13-17H2,(H,27,32). The molecule has 3 aromatic carbocycles. The topological polar surface area (TPSA) is 71.8 Å². The van der Waals surface area contributed by atoms with E-state index < -0.39 is 0 Å². The summed E-state index contributed by atoms with van der Waals surface area (Å²) in [6.45, 7) is 3.27. The van der Waals surface area contributed by atoms with Crippen LogP contribution in [0.1, 0.15) is 0 Å². The van der Waals surface area contributed by atoms with Crippen molar-refractivity contribution in [2.75, 3.05) is 42.3 Å². The lowest BCUT2D eigenvalue weighted by atomic mass is 10.2. The van der Waals surface area contributed by atoms with Crippen molar-refractivity contribution in [3.05, 3.63) is 72.8 Å². The van der Waals surface area contributed by atoms with Crippen molar-refractivity contribution in [1.29, 1.82) is 0 Å². The Hall–Kier alpha value is -3.62. The molecular weight excluding hydrogens is 446 g/mol. The third kappa shape index (κ3) is 3.95. The molecule has 0 atom stereocenters. The van der Waals surface area contributed by atoms with E-state index in [1.54, 1.807) is 0 Å². The van der Waals surface area contributed by atoms with E-state index in [0.717, 1.165) is 70.4 Å². The van der Waals surface area contributed by atoms with Gasteiger partial charge in [-0.3, -0.25) is 9.20 Å². The van der Waals surface area contributed by atoms with Crippen molar-refractivity contribution in [2.24, 2.45) is 0 Å². The van der Waals surface area contributed by atoms with Crippen LogP contribution in [0.15, 0.2) is 78.0 Å². The Morgan fingerprint density at radius 3 is 2.47 bits per heavy atom. The molecule has 1 fully saturated rings. The number of hydrogen-bond donors (Lipinski definition) is 1. The summed E-state index contributed by atoms with van der Waals surface area (Å²) in [7, 11) is 0. The van der Waals surface area contributed by atoms with Gasteiger partial charge in [-0.15, -0.1) is 0 Å². The summed E-state index contributed by atoms with van der Waals surface area (Å²) in [6, 6.07) is 24.0. The molecule has 1 amide bonds. The number of anilines is 2. The minimum atomic E-state index is -0.0725.